The van der Waals surface area contributed by atoms with Gasteiger partial charge in [0.2, 0.25) is 0 Å². The molecule has 0 unspecified atom stereocenters. The summed E-state index contributed by atoms with van der Waals surface area (Å²) < 4.78 is 0. The second kappa shape index (κ2) is 3.74. The quantitative estimate of drug-likeness (QED) is 0.656. The third kappa shape index (κ3) is 2.52. The molecular formula is C9H11ClN. The molecule has 1 radical (unpaired) electrons. The summed E-state index contributed by atoms with van der Waals surface area (Å²) in [6.45, 7) is 0.791. The molecule has 11 heavy (non-hydrogen) atoms. The summed E-state index contributed by atoms with van der Waals surface area (Å²) in [4.78, 5) is 1.85. The Morgan fingerprint density at radius 2 is 2.09 bits per heavy atom. The van der Waals surface area contributed by atoms with Crippen molar-refractivity contribution in [3.63, 3.8) is 0 Å². The van der Waals surface area contributed by atoms with Crippen LogP contribution >= 0.6 is 11.6 Å². The predicted molar refractivity (Wildman–Crippen MR) is 48.3 cm³/mol. The molecule has 0 heterocycles. The summed E-state index contributed by atoms with van der Waals surface area (Å²) >= 11 is 5.91. The normalized spacial score (nSPS) is 10.5. The summed E-state index contributed by atoms with van der Waals surface area (Å²) in [6, 6.07) is 7.80. The molecule has 0 aliphatic rings. The number of benzene rings is 1. The second-order valence-corrected chi connectivity index (χ2v) is 3.01. The molecule has 0 saturated carbocycles. The predicted octanol–water partition coefficient (Wildman–Crippen LogP) is 2.56. The van der Waals surface area contributed by atoms with E-state index in [9.17, 15) is 0 Å². The minimum absolute atomic E-state index is 0.791. The first-order chi connectivity index (χ1) is 5.20. The van der Waals surface area contributed by atoms with Gasteiger partial charge in [0, 0.05) is 18.6 Å². The Kier molecular flexibility index (Phi) is 2.92. The van der Waals surface area contributed by atoms with E-state index in [1.807, 2.05) is 36.2 Å². The Balaban J connectivity index is 2.78. The highest BCUT2D eigenvalue weighted by atomic mass is 35.5. The van der Waals surface area contributed by atoms with Crippen LogP contribution in [0, 0.1) is 7.05 Å². The standard InChI is InChI=1S/C9H11ClN/c1-11(2)7-8-5-3-4-6-9(8)10/h3-6H,1,7H2,2H3. The van der Waals surface area contributed by atoms with Crippen LogP contribution in [0.4, 0.5) is 0 Å². The Hall–Kier alpha value is -0.530. The van der Waals surface area contributed by atoms with Crippen LogP contribution in [0.15, 0.2) is 24.3 Å². The minimum Gasteiger partial charge on any atom is -0.301 e. The second-order valence-electron chi connectivity index (χ2n) is 2.61. The van der Waals surface area contributed by atoms with E-state index < -0.39 is 0 Å². The number of hydrogen-bond acceptors (Lipinski definition) is 1. The van der Waals surface area contributed by atoms with E-state index in [0.717, 1.165) is 17.1 Å². The van der Waals surface area contributed by atoms with Crippen molar-refractivity contribution in [3.05, 3.63) is 41.9 Å². The van der Waals surface area contributed by atoms with Crippen LogP contribution < -0.4 is 0 Å². The van der Waals surface area contributed by atoms with Crippen molar-refractivity contribution >= 4 is 11.6 Å². The first kappa shape index (κ1) is 8.57. The van der Waals surface area contributed by atoms with Gasteiger partial charge in [-0.25, -0.2) is 0 Å². The molecule has 59 valence electrons. The number of rotatable bonds is 2. The lowest BCUT2D eigenvalue weighted by Crippen LogP contribution is -2.07. The lowest BCUT2D eigenvalue weighted by Gasteiger charge is -2.09. The molecule has 0 atom stereocenters. The summed E-state index contributed by atoms with van der Waals surface area (Å²) in [5, 5.41) is 0.808. The molecule has 1 nitrogen and oxygen atoms in total. The molecule has 1 aromatic rings. The first-order valence-electron chi connectivity index (χ1n) is 3.45. The molecular weight excluding hydrogens is 158 g/mol. The van der Waals surface area contributed by atoms with Crippen LogP contribution in [0.3, 0.4) is 0 Å². The Labute approximate surface area is 72.6 Å². The monoisotopic (exact) mass is 168 g/mol. The fourth-order valence-corrected chi connectivity index (χ4v) is 1.11. The fraction of sp³-hybridized carbons (Fsp3) is 0.222. The zero-order valence-corrected chi connectivity index (χ0v) is 7.30. The Morgan fingerprint density at radius 1 is 1.45 bits per heavy atom. The molecule has 0 bridgehead atoms. The maximum atomic E-state index is 5.91. The largest absolute Gasteiger partial charge is 0.301 e. The van der Waals surface area contributed by atoms with Crippen molar-refractivity contribution in [2.45, 2.75) is 6.54 Å². The van der Waals surface area contributed by atoms with Gasteiger partial charge in [-0.3, -0.25) is 0 Å². The molecule has 2 heteroatoms. The van der Waals surface area contributed by atoms with E-state index in [0.29, 0.717) is 0 Å². The van der Waals surface area contributed by atoms with Gasteiger partial charge in [0.1, 0.15) is 0 Å². The van der Waals surface area contributed by atoms with Crippen LogP contribution in [0.5, 0.6) is 0 Å². The van der Waals surface area contributed by atoms with Crippen LogP contribution in [0.25, 0.3) is 0 Å². The molecule has 0 aliphatic carbocycles. The molecule has 0 aromatic heterocycles. The summed E-state index contributed by atoms with van der Waals surface area (Å²) in [6.07, 6.45) is 0. The van der Waals surface area contributed by atoms with Gasteiger partial charge < -0.3 is 4.90 Å². The molecule has 0 amide bonds. The SMILES string of the molecule is [CH2]N(C)Cc1ccccc1Cl. The van der Waals surface area contributed by atoms with Crippen LogP contribution in [-0.2, 0) is 6.54 Å². The van der Waals surface area contributed by atoms with Crippen molar-refractivity contribution in [1.29, 1.82) is 0 Å². The van der Waals surface area contributed by atoms with Gasteiger partial charge in [-0.15, -0.1) is 0 Å². The van der Waals surface area contributed by atoms with Gasteiger partial charge in [0.15, 0.2) is 0 Å². The average Bonchev–Trinajstić information content (AvgIpc) is 1.93. The number of nitrogens with zero attached hydrogens (tertiary/aromatic N) is 1. The first-order valence-corrected chi connectivity index (χ1v) is 3.83. The summed E-state index contributed by atoms with van der Waals surface area (Å²) in [5.74, 6) is 0. The lowest BCUT2D eigenvalue weighted by atomic mass is 10.2. The van der Waals surface area contributed by atoms with Crippen LogP contribution in [0.1, 0.15) is 5.56 Å². The van der Waals surface area contributed by atoms with Crippen molar-refractivity contribution in [1.82, 2.24) is 4.90 Å². The van der Waals surface area contributed by atoms with Gasteiger partial charge in [-0.2, -0.15) is 0 Å². The van der Waals surface area contributed by atoms with Crippen molar-refractivity contribution in [2.24, 2.45) is 0 Å². The number of halogens is 1. The van der Waals surface area contributed by atoms with Crippen molar-refractivity contribution in [3.8, 4) is 0 Å². The van der Waals surface area contributed by atoms with E-state index in [1.54, 1.807) is 0 Å². The van der Waals surface area contributed by atoms with Crippen molar-refractivity contribution in [2.75, 3.05) is 7.05 Å². The van der Waals surface area contributed by atoms with Crippen LogP contribution in [-0.4, -0.2) is 11.9 Å². The van der Waals surface area contributed by atoms with Gasteiger partial charge >= 0.3 is 0 Å². The van der Waals surface area contributed by atoms with Crippen molar-refractivity contribution < 1.29 is 0 Å². The van der Waals surface area contributed by atoms with E-state index in [2.05, 4.69) is 7.05 Å². The topological polar surface area (TPSA) is 3.24 Å². The third-order valence-corrected chi connectivity index (χ3v) is 1.77. The number of hydrogen-bond donors (Lipinski definition) is 0. The molecule has 0 saturated heterocycles. The molecule has 0 N–H and O–H groups in total. The highest BCUT2D eigenvalue weighted by Crippen LogP contribution is 2.15. The molecule has 0 aliphatic heterocycles. The van der Waals surface area contributed by atoms with E-state index in [4.69, 9.17) is 11.6 Å². The molecule has 0 fully saturated rings. The summed E-state index contributed by atoms with van der Waals surface area (Å²) in [7, 11) is 5.67. The molecule has 0 spiro atoms. The van der Waals surface area contributed by atoms with E-state index in [1.165, 1.54) is 0 Å². The fourth-order valence-electron chi connectivity index (χ4n) is 0.917. The summed E-state index contributed by atoms with van der Waals surface area (Å²) in [5.41, 5.74) is 1.12. The van der Waals surface area contributed by atoms with Gasteiger partial charge in [0.25, 0.3) is 0 Å². The highest BCUT2D eigenvalue weighted by Gasteiger charge is 1.98. The smallest absolute Gasteiger partial charge is 0.0451 e. The maximum absolute atomic E-state index is 5.91. The highest BCUT2D eigenvalue weighted by molar-refractivity contribution is 6.31. The zero-order valence-electron chi connectivity index (χ0n) is 6.55. The Morgan fingerprint density at radius 3 is 2.64 bits per heavy atom. The van der Waals surface area contributed by atoms with E-state index >= 15 is 0 Å². The average molecular weight is 169 g/mol. The molecule has 1 aromatic carbocycles. The van der Waals surface area contributed by atoms with E-state index in [-0.39, 0.29) is 0 Å². The Bertz CT molecular complexity index is 233. The maximum Gasteiger partial charge on any atom is 0.0451 e. The third-order valence-electron chi connectivity index (χ3n) is 1.40. The van der Waals surface area contributed by atoms with Gasteiger partial charge in [-0.05, 0) is 18.7 Å². The lowest BCUT2D eigenvalue weighted by molar-refractivity contribution is 0.445. The van der Waals surface area contributed by atoms with Gasteiger partial charge in [-0.1, -0.05) is 29.8 Å². The molecule has 1 rings (SSSR count). The minimum atomic E-state index is 0.791. The van der Waals surface area contributed by atoms with Crippen LogP contribution in [0.2, 0.25) is 5.02 Å². The zero-order chi connectivity index (χ0) is 8.27. The van der Waals surface area contributed by atoms with Gasteiger partial charge in [0.05, 0.1) is 0 Å².